The molecule has 4 heteroatoms. The quantitative estimate of drug-likeness (QED) is 0.113. The maximum absolute atomic E-state index is 6.89. The summed E-state index contributed by atoms with van der Waals surface area (Å²) < 4.78 is 6.89. The Balaban J connectivity index is 1.17. The summed E-state index contributed by atoms with van der Waals surface area (Å²) in [5.74, 6) is 1.88. The topological polar surface area (TPSA) is 51.8 Å². The van der Waals surface area contributed by atoms with Gasteiger partial charge in [0.25, 0.3) is 0 Å². The second-order valence-corrected chi connectivity index (χ2v) is 16.6. The van der Waals surface area contributed by atoms with Crippen LogP contribution in [0.4, 0.5) is 0 Å². The molecule has 0 radical (unpaired) electrons. The van der Waals surface area contributed by atoms with Crippen molar-refractivity contribution in [1.82, 2.24) is 15.0 Å². The predicted octanol–water partition coefficient (Wildman–Crippen LogP) is 16.7. The number of allylic oxidation sites excluding steroid dienone is 2. The van der Waals surface area contributed by atoms with E-state index in [1.807, 2.05) is 48.6 Å². The van der Waals surface area contributed by atoms with E-state index in [9.17, 15) is 0 Å². The van der Waals surface area contributed by atoms with Crippen LogP contribution in [0.15, 0.2) is 223 Å². The van der Waals surface area contributed by atoms with Crippen LogP contribution in [-0.4, -0.2) is 15.0 Å². The van der Waals surface area contributed by atoms with Gasteiger partial charge in [0.1, 0.15) is 11.2 Å². The molecule has 4 nitrogen and oxygen atoms in total. The standard InChI is InChI=1S/C62H41N3O/c1-3-4-28-43-39(2)54(44-29-14-15-30-45(44)55(43)40-22-8-5-9-23-40)50-35-20-37-52-58(50)59-51(36-21-38-53(59)66-52)56-46-31-16-18-33-48(46)57(49-34-19-17-32-47(49)56)62-64-60(41-24-10-6-11-25-41)63-61(65-62)42-26-12-7-13-27-42/h3-38H,1H2,2H3/b28-4-. The summed E-state index contributed by atoms with van der Waals surface area (Å²) in [4.78, 5) is 15.6. The summed E-state index contributed by atoms with van der Waals surface area (Å²) in [5.41, 5.74) is 13.8. The molecule has 66 heavy (non-hydrogen) atoms. The van der Waals surface area contributed by atoms with Gasteiger partial charge in [-0.1, -0.05) is 213 Å². The van der Waals surface area contributed by atoms with Gasteiger partial charge in [-0.3, -0.25) is 0 Å². The number of hydrogen-bond donors (Lipinski definition) is 0. The van der Waals surface area contributed by atoms with E-state index in [4.69, 9.17) is 19.4 Å². The normalized spacial score (nSPS) is 11.7. The van der Waals surface area contributed by atoms with Crippen LogP contribution in [0.1, 0.15) is 11.1 Å². The first-order valence-corrected chi connectivity index (χ1v) is 22.3. The monoisotopic (exact) mass is 843 g/mol. The number of hydrogen-bond acceptors (Lipinski definition) is 4. The third-order valence-corrected chi connectivity index (χ3v) is 12.9. The van der Waals surface area contributed by atoms with Crippen LogP contribution in [-0.2, 0) is 0 Å². The highest BCUT2D eigenvalue weighted by Crippen LogP contribution is 2.50. The van der Waals surface area contributed by atoms with Crippen molar-refractivity contribution in [2.45, 2.75) is 6.92 Å². The average Bonchev–Trinajstić information content (AvgIpc) is 3.78. The molecule has 0 atom stereocenters. The Labute approximate surface area is 382 Å². The minimum absolute atomic E-state index is 0.624. The van der Waals surface area contributed by atoms with Crippen LogP contribution >= 0.6 is 0 Å². The van der Waals surface area contributed by atoms with E-state index in [0.29, 0.717) is 17.5 Å². The lowest BCUT2D eigenvalue weighted by molar-refractivity contribution is 0.669. The highest BCUT2D eigenvalue weighted by atomic mass is 16.3. The fraction of sp³-hybridized carbons (Fsp3) is 0.0161. The predicted molar refractivity (Wildman–Crippen MR) is 276 cm³/mol. The van der Waals surface area contributed by atoms with Gasteiger partial charge in [0, 0.05) is 27.5 Å². The Bertz CT molecular complexity index is 3770. The molecule has 0 unspecified atom stereocenters. The molecule has 0 amide bonds. The lowest BCUT2D eigenvalue weighted by Crippen LogP contribution is -2.01. The Hall–Kier alpha value is -8.73. The summed E-state index contributed by atoms with van der Waals surface area (Å²) in [6.07, 6.45) is 6.10. The molecule has 12 rings (SSSR count). The maximum atomic E-state index is 6.89. The van der Waals surface area contributed by atoms with Crippen molar-refractivity contribution in [2.75, 3.05) is 0 Å². The van der Waals surface area contributed by atoms with E-state index in [2.05, 4.69) is 183 Å². The maximum Gasteiger partial charge on any atom is 0.165 e. The van der Waals surface area contributed by atoms with Gasteiger partial charge in [-0.15, -0.1) is 0 Å². The van der Waals surface area contributed by atoms with Crippen molar-refractivity contribution in [3.8, 4) is 67.5 Å². The van der Waals surface area contributed by atoms with Crippen LogP contribution < -0.4 is 0 Å². The molecule has 10 aromatic carbocycles. The van der Waals surface area contributed by atoms with Crippen molar-refractivity contribution in [3.05, 3.63) is 230 Å². The molecule has 0 spiro atoms. The van der Waals surface area contributed by atoms with E-state index < -0.39 is 0 Å². The largest absolute Gasteiger partial charge is 0.456 e. The summed E-state index contributed by atoms with van der Waals surface area (Å²) in [7, 11) is 0. The molecule has 0 bridgehead atoms. The SMILES string of the molecule is C=C/C=C\c1c(C)c(-c2cccc3oc4cccc(-c5c6ccccc6c(-c6nc(-c7ccccc7)nc(-c7ccccc7)n6)c6ccccc56)c4c23)c2ccccc2c1-c1ccccc1. The first-order valence-electron chi connectivity index (χ1n) is 22.3. The second-order valence-electron chi connectivity index (χ2n) is 16.6. The molecule has 2 heterocycles. The Morgan fingerprint density at radius 3 is 1.26 bits per heavy atom. The number of aromatic nitrogens is 3. The van der Waals surface area contributed by atoms with E-state index in [-0.39, 0.29) is 0 Å². The van der Waals surface area contributed by atoms with E-state index in [1.165, 1.54) is 33.0 Å². The summed E-state index contributed by atoms with van der Waals surface area (Å²) in [5, 5.41) is 8.83. The van der Waals surface area contributed by atoms with Gasteiger partial charge in [0.2, 0.25) is 0 Å². The molecule has 2 aromatic heterocycles. The lowest BCUT2D eigenvalue weighted by atomic mass is 9.82. The first-order chi connectivity index (χ1) is 32.7. The van der Waals surface area contributed by atoms with Crippen LogP contribution in [0.5, 0.6) is 0 Å². The average molecular weight is 844 g/mol. The van der Waals surface area contributed by atoms with E-state index in [1.54, 1.807) is 0 Å². The first kappa shape index (κ1) is 38.9. The fourth-order valence-electron chi connectivity index (χ4n) is 10.1. The Morgan fingerprint density at radius 1 is 0.379 bits per heavy atom. The number of rotatable bonds is 8. The van der Waals surface area contributed by atoms with Gasteiger partial charge in [-0.25, -0.2) is 15.0 Å². The molecule has 0 fully saturated rings. The summed E-state index contributed by atoms with van der Waals surface area (Å²) in [6, 6.07) is 70.2. The molecule has 12 aromatic rings. The molecule has 0 N–H and O–H groups in total. The zero-order chi connectivity index (χ0) is 44.1. The minimum atomic E-state index is 0.624. The number of furan rings is 1. The van der Waals surface area contributed by atoms with Crippen LogP contribution in [0.2, 0.25) is 0 Å². The lowest BCUT2D eigenvalue weighted by Gasteiger charge is -2.21. The van der Waals surface area contributed by atoms with Gasteiger partial charge in [0.15, 0.2) is 17.5 Å². The molecule has 0 aliphatic rings. The molecule has 0 saturated heterocycles. The summed E-state index contributed by atoms with van der Waals surface area (Å²) in [6.45, 7) is 6.30. The van der Waals surface area contributed by atoms with Crippen molar-refractivity contribution < 1.29 is 4.42 Å². The van der Waals surface area contributed by atoms with Crippen molar-refractivity contribution in [2.24, 2.45) is 0 Å². The number of benzene rings is 10. The van der Waals surface area contributed by atoms with Gasteiger partial charge < -0.3 is 4.42 Å². The smallest absolute Gasteiger partial charge is 0.165 e. The molecule has 0 saturated carbocycles. The molecule has 310 valence electrons. The van der Waals surface area contributed by atoms with Gasteiger partial charge in [-0.2, -0.15) is 0 Å². The molecular formula is C62H41N3O. The van der Waals surface area contributed by atoms with Crippen molar-refractivity contribution in [1.29, 1.82) is 0 Å². The number of nitrogens with zero attached hydrogens (tertiary/aromatic N) is 3. The third kappa shape index (κ3) is 6.34. The van der Waals surface area contributed by atoms with Crippen molar-refractivity contribution >= 4 is 60.3 Å². The Kier molecular flexibility index (Phi) is 9.50. The van der Waals surface area contributed by atoms with E-state index >= 15 is 0 Å². The zero-order valence-electron chi connectivity index (χ0n) is 36.2. The van der Waals surface area contributed by atoms with Crippen molar-refractivity contribution in [3.63, 3.8) is 0 Å². The van der Waals surface area contributed by atoms with E-state index in [0.717, 1.165) is 82.4 Å². The summed E-state index contributed by atoms with van der Waals surface area (Å²) >= 11 is 0. The zero-order valence-corrected chi connectivity index (χ0v) is 36.2. The molecule has 0 aliphatic carbocycles. The molecule has 0 aliphatic heterocycles. The second kappa shape index (κ2) is 16.1. The van der Waals surface area contributed by atoms with Gasteiger partial charge >= 0.3 is 0 Å². The number of fused-ring (bicyclic) bond motifs is 6. The van der Waals surface area contributed by atoms with Crippen LogP contribution in [0, 0.1) is 6.92 Å². The highest BCUT2D eigenvalue weighted by Gasteiger charge is 2.26. The third-order valence-electron chi connectivity index (χ3n) is 12.9. The van der Waals surface area contributed by atoms with Crippen LogP contribution in [0.3, 0.4) is 0 Å². The molecular weight excluding hydrogens is 803 g/mol. The van der Waals surface area contributed by atoms with Gasteiger partial charge in [-0.05, 0) is 95.9 Å². The Morgan fingerprint density at radius 2 is 0.773 bits per heavy atom. The minimum Gasteiger partial charge on any atom is -0.456 e. The van der Waals surface area contributed by atoms with Crippen LogP contribution in [0.25, 0.3) is 128 Å². The highest BCUT2D eigenvalue weighted by molar-refractivity contribution is 6.27. The fourth-order valence-corrected chi connectivity index (χ4v) is 10.1. The van der Waals surface area contributed by atoms with Gasteiger partial charge in [0.05, 0.1) is 0 Å².